The third-order valence-electron chi connectivity index (χ3n) is 2.18. The van der Waals surface area contributed by atoms with Gasteiger partial charge in [-0.2, -0.15) is 0 Å². The van der Waals surface area contributed by atoms with Gasteiger partial charge in [0.1, 0.15) is 5.75 Å². The molecule has 1 aromatic carbocycles. The molecule has 1 rings (SSSR count). The van der Waals surface area contributed by atoms with Gasteiger partial charge in [-0.05, 0) is 24.5 Å². The van der Waals surface area contributed by atoms with E-state index in [0.717, 1.165) is 6.42 Å². The molecule has 0 aliphatic carbocycles. The molecule has 1 aromatic rings. The first-order chi connectivity index (χ1) is 6.91. The molecule has 1 atom stereocenters. The Morgan fingerprint density at radius 1 is 1.33 bits per heavy atom. The van der Waals surface area contributed by atoms with Crippen molar-refractivity contribution in [1.82, 2.24) is 0 Å². The molecule has 0 radical (unpaired) electrons. The number of hydrogen-bond donors (Lipinski definition) is 2. The summed E-state index contributed by atoms with van der Waals surface area (Å²) < 4.78 is 0. The molecule has 0 saturated heterocycles. The molecule has 3 N–H and O–H groups in total. The lowest BCUT2D eigenvalue weighted by atomic mass is 9.97. The van der Waals surface area contributed by atoms with E-state index < -0.39 is 0 Å². The standard InChI is InChI=1S/C11H15Cl2NO/c1-6(2)3-10(14)8-4-7(12)5-9(13)11(8)15/h4-6,10,15H,3,14H2,1-2H3/t10-/m1/s1. The number of hydrogen-bond acceptors (Lipinski definition) is 2. The molecule has 0 aliphatic rings. The molecule has 0 aromatic heterocycles. The van der Waals surface area contributed by atoms with Crippen molar-refractivity contribution in [2.24, 2.45) is 11.7 Å². The second kappa shape index (κ2) is 5.06. The summed E-state index contributed by atoms with van der Waals surface area (Å²) in [7, 11) is 0. The quantitative estimate of drug-likeness (QED) is 0.855. The van der Waals surface area contributed by atoms with E-state index in [1.165, 1.54) is 6.07 Å². The summed E-state index contributed by atoms with van der Waals surface area (Å²) in [6.07, 6.45) is 0.782. The van der Waals surface area contributed by atoms with E-state index in [2.05, 4.69) is 13.8 Å². The minimum atomic E-state index is -0.235. The van der Waals surface area contributed by atoms with Crippen LogP contribution in [0.2, 0.25) is 10.0 Å². The third kappa shape index (κ3) is 3.26. The molecule has 4 heteroatoms. The van der Waals surface area contributed by atoms with Crippen LogP contribution in [0.1, 0.15) is 31.9 Å². The summed E-state index contributed by atoms with van der Waals surface area (Å²) in [6, 6.07) is 2.93. The molecule has 0 heterocycles. The van der Waals surface area contributed by atoms with Crippen LogP contribution in [-0.2, 0) is 0 Å². The molecule has 0 aliphatic heterocycles. The normalized spacial score (nSPS) is 13.2. The minimum absolute atomic E-state index is 0.0363. The third-order valence-corrected chi connectivity index (χ3v) is 2.69. The SMILES string of the molecule is CC(C)C[C@@H](N)c1cc(Cl)cc(Cl)c1O. The maximum Gasteiger partial charge on any atom is 0.139 e. The van der Waals surface area contributed by atoms with Crippen LogP contribution in [0.4, 0.5) is 0 Å². The van der Waals surface area contributed by atoms with E-state index in [1.807, 2.05) is 0 Å². The Morgan fingerprint density at radius 2 is 1.93 bits per heavy atom. The van der Waals surface area contributed by atoms with Gasteiger partial charge in [0.2, 0.25) is 0 Å². The van der Waals surface area contributed by atoms with Crippen LogP contribution in [0, 0.1) is 5.92 Å². The fraction of sp³-hybridized carbons (Fsp3) is 0.455. The van der Waals surface area contributed by atoms with Gasteiger partial charge in [-0.1, -0.05) is 37.0 Å². The minimum Gasteiger partial charge on any atom is -0.506 e. The lowest BCUT2D eigenvalue weighted by molar-refractivity contribution is 0.445. The summed E-state index contributed by atoms with van der Waals surface area (Å²) in [5, 5.41) is 10.5. The van der Waals surface area contributed by atoms with Gasteiger partial charge in [0.15, 0.2) is 0 Å². The van der Waals surface area contributed by atoms with Crippen molar-refractivity contribution < 1.29 is 5.11 Å². The summed E-state index contributed by atoms with van der Waals surface area (Å²) in [4.78, 5) is 0. The Bertz CT molecular complexity index is 353. The van der Waals surface area contributed by atoms with E-state index in [1.54, 1.807) is 6.07 Å². The molecule has 0 unspecified atom stereocenters. The number of nitrogens with two attached hydrogens (primary N) is 1. The van der Waals surface area contributed by atoms with E-state index >= 15 is 0 Å². The van der Waals surface area contributed by atoms with Crippen molar-refractivity contribution in [3.63, 3.8) is 0 Å². The van der Waals surface area contributed by atoms with Crippen LogP contribution in [0.3, 0.4) is 0 Å². The first-order valence-corrected chi connectivity index (χ1v) is 5.61. The number of aromatic hydroxyl groups is 1. The maximum atomic E-state index is 9.73. The van der Waals surface area contributed by atoms with Gasteiger partial charge < -0.3 is 10.8 Å². The predicted molar refractivity (Wildman–Crippen MR) is 64.5 cm³/mol. The summed E-state index contributed by atoms with van der Waals surface area (Å²) in [5.74, 6) is 0.492. The first kappa shape index (κ1) is 12.6. The smallest absolute Gasteiger partial charge is 0.139 e. The highest BCUT2D eigenvalue weighted by molar-refractivity contribution is 6.35. The largest absolute Gasteiger partial charge is 0.506 e. The van der Waals surface area contributed by atoms with Gasteiger partial charge in [-0.3, -0.25) is 0 Å². The van der Waals surface area contributed by atoms with Crippen LogP contribution in [0.25, 0.3) is 0 Å². The lowest BCUT2D eigenvalue weighted by Crippen LogP contribution is -2.13. The number of halogens is 2. The Balaban J connectivity index is 3.02. The van der Waals surface area contributed by atoms with Gasteiger partial charge in [0, 0.05) is 16.6 Å². The maximum absolute atomic E-state index is 9.73. The highest BCUT2D eigenvalue weighted by Gasteiger charge is 2.15. The van der Waals surface area contributed by atoms with Gasteiger partial charge in [0.05, 0.1) is 5.02 Å². The molecular weight excluding hydrogens is 233 g/mol. The Kier molecular flexibility index (Phi) is 4.26. The van der Waals surface area contributed by atoms with Gasteiger partial charge in [-0.25, -0.2) is 0 Å². The van der Waals surface area contributed by atoms with Crippen LogP contribution in [0.5, 0.6) is 5.75 Å². The van der Waals surface area contributed by atoms with E-state index in [4.69, 9.17) is 28.9 Å². The monoisotopic (exact) mass is 247 g/mol. The van der Waals surface area contributed by atoms with E-state index in [0.29, 0.717) is 16.5 Å². The van der Waals surface area contributed by atoms with Crippen LogP contribution in [0.15, 0.2) is 12.1 Å². The van der Waals surface area contributed by atoms with Crippen molar-refractivity contribution in [3.8, 4) is 5.75 Å². The molecule has 2 nitrogen and oxygen atoms in total. The van der Waals surface area contributed by atoms with E-state index in [9.17, 15) is 5.11 Å². The summed E-state index contributed by atoms with van der Waals surface area (Å²) >= 11 is 11.7. The average molecular weight is 248 g/mol. The number of benzene rings is 1. The second-order valence-corrected chi connectivity index (χ2v) is 4.91. The predicted octanol–water partition coefficient (Wildman–Crippen LogP) is 3.74. The number of rotatable bonds is 3. The van der Waals surface area contributed by atoms with Crippen molar-refractivity contribution >= 4 is 23.2 Å². The van der Waals surface area contributed by atoms with Gasteiger partial charge in [-0.15, -0.1) is 0 Å². The Labute approximate surface area is 100.0 Å². The van der Waals surface area contributed by atoms with Crippen molar-refractivity contribution in [2.45, 2.75) is 26.3 Å². The van der Waals surface area contributed by atoms with Crippen LogP contribution in [-0.4, -0.2) is 5.11 Å². The first-order valence-electron chi connectivity index (χ1n) is 4.85. The molecular formula is C11H15Cl2NO. The topological polar surface area (TPSA) is 46.2 Å². The van der Waals surface area contributed by atoms with Crippen LogP contribution >= 0.6 is 23.2 Å². The van der Waals surface area contributed by atoms with Crippen molar-refractivity contribution in [3.05, 3.63) is 27.7 Å². The molecule has 0 bridgehead atoms. The highest BCUT2D eigenvalue weighted by Crippen LogP contribution is 2.35. The molecule has 0 fully saturated rings. The zero-order valence-corrected chi connectivity index (χ0v) is 10.3. The Hall–Kier alpha value is -0.440. The fourth-order valence-corrected chi connectivity index (χ4v) is 2.01. The van der Waals surface area contributed by atoms with Crippen molar-refractivity contribution in [1.29, 1.82) is 0 Å². The highest BCUT2D eigenvalue weighted by atomic mass is 35.5. The molecule has 0 saturated carbocycles. The average Bonchev–Trinajstić information content (AvgIpc) is 2.09. The molecule has 15 heavy (non-hydrogen) atoms. The van der Waals surface area contributed by atoms with E-state index in [-0.39, 0.29) is 16.8 Å². The Morgan fingerprint density at radius 3 is 2.47 bits per heavy atom. The number of phenolic OH excluding ortho intramolecular Hbond substituents is 1. The fourth-order valence-electron chi connectivity index (χ4n) is 1.50. The molecule has 84 valence electrons. The molecule has 0 amide bonds. The summed E-state index contributed by atoms with van der Waals surface area (Å²) in [5.41, 5.74) is 6.57. The van der Waals surface area contributed by atoms with Crippen molar-refractivity contribution in [2.75, 3.05) is 0 Å². The van der Waals surface area contributed by atoms with Gasteiger partial charge in [0.25, 0.3) is 0 Å². The van der Waals surface area contributed by atoms with Crippen LogP contribution < -0.4 is 5.73 Å². The second-order valence-electron chi connectivity index (χ2n) is 4.06. The van der Waals surface area contributed by atoms with Gasteiger partial charge >= 0.3 is 0 Å². The lowest BCUT2D eigenvalue weighted by Gasteiger charge is -2.16. The molecule has 0 spiro atoms. The zero-order valence-electron chi connectivity index (χ0n) is 8.80. The zero-order chi connectivity index (χ0) is 11.6. The summed E-state index contributed by atoms with van der Waals surface area (Å²) in [6.45, 7) is 4.14. The number of phenols is 1.